The first-order chi connectivity index (χ1) is 15.6. The van der Waals surface area contributed by atoms with Crippen LogP contribution in [0, 0.1) is 0 Å². The van der Waals surface area contributed by atoms with Gasteiger partial charge in [0.15, 0.2) is 6.10 Å². The zero-order chi connectivity index (χ0) is 24.0. The van der Waals surface area contributed by atoms with Gasteiger partial charge in [-0.1, -0.05) is 72.3 Å². The van der Waals surface area contributed by atoms with Crippen molar-refractivity contribution >= 4 is 33.5 Å². The quantitative estimate of drug-likeness (QED) is 0.488. The number of ether oxygens (including phenoxy) is 1. The van der Waals surface area contributed by atoms with Crippen molar-refractivity contribution in [1.29, 1.82) is 0 Å². The van der Waals surface area contributed by atoms with Gasteiger partial charge in [-0.3, -0.25) is 4.79 Å². The number of sulfonamides is 1. The van der Waals surface area contributed by atoms with Gasteiger partial charge >= 0.3 is 5.97 Å². The number of carbonyl (C=O) groups excluding carboxylic acids is 2. The molecule has 172 valence electrons. The van der Waals surface area contributed by atoms with Crippen LogP contribution >= 0.6 is 11.6 Å². The van der Waals surface area contributed by atoms with Crippen molar-refractivity contribution < 1.29 is 22.7 Å². The molecule has 2 N–H and O–H groups in total. The first-order valence-corrected chi connectivity index (χ1v) is 12.0. The Balaban J connectivity index is 1.80. The molecule has 0 aliphatic carbocycles. The van der Waals surface area contributed by atoms with Crippen LogP contribution in [-0.2, 0) is 32.6 Å². The molecule has 3 aromatic rings. The van der Waals surface area contributed by atoms with E-state index >= 15 is 0 Å². The van der Waals surface area contributed by atoms with Crippen molar-refractivity contribution in [1.82, 2.24) is 4.90 Å². The molecule has 0 saturated heterocycles. The minimum Gasteiger partial charge on any atom is -0.449 e. The van der Waals surface area contributed by atoms with Crippen LogP contribution in [-0.4, -0.2) is 31.3 Å². The predicted octanol–water partition coefficient (Wildman–Crippen LogP) is 3.76. The van der Waals surface area contributed by atoms with E-state index in [1.807, 2.05) is 60.7 Å². The molecule has 7 nitrogen and oxygen atoms in total. The molecule has 33 heavy (non-hydrogen) atoms. The van der Waals surface area contributed by atoms with Gasteiger partial charge < -0.3 is 9.64 Å². The number of carbonyl (C=O) groups is 2. The Morgan fingerprint density at radius 1 is 0.939 bits per heavy atom. The number of primary sulfonamides is 1. The molecule has 3 aromatic carbocycles. The molecule has 0 heterocycles. The average molecular weight is 487 g/mol. The van der Waals surface area contributed by atoms with E-state index in [0.29, 0.717) is 13.1 Å². The van der Waals surface area contributed by atoms with Gasteiger partial charge in [-0.15, -0.1) is 0 Å². The molecular formula is C24H23ClN2O5S. The van der Waals surface area contributed by atoms with Gasteiger partial charge in [0.05, 0.1) is 15.5 Å². The van der Waals surface area contributed by atoms with Crippen molar-refractivity contribution in [3.8, 4) is 0 Å². The Labute approximate surface area is 197 Å². The summed E-state index contributed by atoms with van der Waals surface area (Å²) in [7, 11) is -4.04. The molecule has 0 bridgehead atoms. The fourth-order valence-corrected chi connectivity index (χ4v) is 3.92. The smallest absolute Gasteiger partial charge is 0.340 e. The van der Waals surface area contributed by atoms with Crippen molar-refractivity contribution in [3.63, 3.8) is 0 Å². The van der Waals surface area contributed by atoms with Crippen molar-refractivity contribution in [2.24, 2.45) is 5.14 Å². The molecule has 1 amide bonds. The number of hydrogen-bond donors (Lipinski definition) is 1. The third-order valence-corrected chi connectivity index (χ3v) is 6.10. The van der Waals surface area contributed by atoms with Gasteiger partial charge in [0, 0.05) is 13.1 Å². The fourth-order valence-electron chi connectivity index (χ4n) is 3.19. The molecule has 0 saturated carbocycles. The number of esters is 1. The second kappa shape index (κ2) is 10.6. The van der Waals surface area contributed by atoms with E-state index in [1.54, 1.807) is 4.90 Å². The molecule has 0 fully saturated rings. The fraction of sp³-hybridized carbons (Fsp3) is 0.167. The van der Waals surface area contributed by atoms with Crippen LogP contribution in [0.25, 0.3) is 0 Å². The SMILES string of the molecule is C[C@H](OC(=O)c1cc(S(N)(=O)=O)ccc1Cl)C(=O)N(Cc1ccccc1)Cc1ccccc1. The van der Waals surface area contributed by atoms with Crippen molar-refractivity contribution in [2.45, 2.75) is 31.0 Å². The highest BCUT2D eigenvalue weighted by atomic mass is 35.5. The second-order valence-corrected chi connectivity index (χ2v) is 9.37. The van der Waals surface area contributed by atoms with Crippen molar-refractivity contribution in [2.75, 3.05) is 0 Å². The van der Waals surface area contributed by atoms with E-state index in [4.69, 9.17) is 21.5 Å². The Morgan fingerprint density at radius 2 is 1.45 bits per heavy atom. The van der Waals surface area contributed by atoms with E-state index < -0.39 is 28.0 Å². The largest absolute Gasteiger partial charge is 0.449 e. The van der Waals surface area contributed by atoms with Crippen LogP contribution in [0.3, 0.4) is 0 Å². The van der Waals surface area contributed by atoms with Crippen LogP contribution in [0.15, 0.2) is 83.8 Å². The summed E-state index contributed by atoms with van der Waals surface area (Å²) in [5, 5.41) is 5.11. The van der Waals surface area contributed by atoms with Crippen LogP contribution in [0.2, 0.25) is 5.02 Å². The summed E-state index contributed by atoms with van der Waals surface area (Å²) in [5.74, 6) is -1.33. The highest BCUT2D eigenvalue weighted by molar-refractivity contribution is 7.89. The molecule has 0 radical (unpaired) electrons. The standard InChI is InChI=1S/C24H23ClN2O5S/c1-17(32-24(29)21-14-20(33(26,30)31)12-13-22(21)25)23(28)27(15-18-8-4-2-5-9-18)16-19-10-6-3-7-11-19/h2-14,17H,15-16H2,1H3,(H2,26,30,31)/t17-/m0/s1. The summed E-state index contributed by atoms with van der Waals surface area (Å²) in [4.78, 5) is 27.2. The van der Waals surface area contributed by atoms with Crippen LogP contribution in [0.4, 0.5) is 0 Å². The number of benzene rings is 3. The minimum absolute atomic E-state index is 0.0162. The first-order valence-electron chi connectivity index (χ1n) is 10.0. The number of halogens is 1. The Bertz CT molecular complexity index is 1190. The predicted molar refractivity (Wildman–Crippen MR) is 125 cm³/mol. The maximum Gasteiger partial charge on any atom is 0.340 e. The van der Waals surface area contributed by atoms with Crippen LogP contribution in [0.1, 0.15) is 28.4 Å². The molecular weight excluding hydrogens is 464 g/mol. The zero-order valence-corrected chi connectivity index (χ0v) is 19.4. The van der Waals surface area contributed by atoms with E-state index in [2.05, 4.69) is 0 Å². The summed E-state index contributed by atoms with van der Waals surface area (Å²) in [5.41, 5.74) is 1.65. The summed E-state index contributed by atoms with van der Waals surface area (Å²) < 4.78 is 28.6. The number of nitrogens with two attached hydrogens (primary N) is 1. The lowest BCUT2D eigenvalue weighted by Crippen LogP contribution is -2.39. The summed E-state index contributed by atoms with van der Waals surface area (Å²) >= 11 is 6.05. The van der Waals surface area contributed by atoms with Gasteiger partial charge in [-0.2, -0.15) is 0 Å². The maximum atomic E-state index is 13.2. The first kappa shape index (κ1) is 24.4. The Kier molecular flexibility index (Phi) is 7.86. The van der Waals surface area contributed by atoms with Gasteiger partial charge in [0.25, 0.3) is 5.91 Å². The molecule has 3 rings (SSSR count). The van der Waals surface area contributed by atoms with Gasteiger partial charge in [-0.25, -0.2) is 18.4 Å². The van der Waals surface area contributed by atoms with E-state index in [9.17, 15) is 18.0 Å². The Morgan fingerprint density at radius 3 is 1.94 bits per heavy atom. The Hall–Kier alpha value is -3.20. The lowest BCUT2D eigenvalue weighted by Gasteiger charge is -2.26. The monoisotopic (exact) mass is 486 g/mol. The zero-order valence-electron chi connectivity index (χ0n) is 17.8. The van der Waals surface area contributed by atoms with Gasteiger partial charge in [-0.05, 0) is 36.2 Å². The maximum absolute atomic E-state index is 13.2. The summed E-state index contributed by atoms with van der Waals surface area (Å²) in [6, 6.07) is 22.4. The lowest BCUT2D eigenvalue weighted by molar-refractivity contribution is -0.141. The summed E-state index contributed by atoms with van der Waals surface area (Å²) in [6.07, 6.45) is -1.14. The van der Waals surface area contributed by atoms with Crippen LogP contribution in [0.5, 0.6) is 0 Å². The third kappa shape index (κ3) is 6.64. The second-order valence-electron chi connectivity index (χ2n) is 7.40. The van der Waals surface area contributed by atoms with Crippen molar-refractivity contribution in [3.05, 3.63) is 101 Å². The molecule has 0 unspecified atom stereocenters. The minimum atomic E-state index is -4.04. The number of hydrogen-bond acceptors (Lipinski definition) is 5. The molecule has 0 spiro atoms. The molecule has 9 heteroatoms. The lowest BCUT2D eigenvalue weighted by atomic mass is 10.1. The topological polar surface area (TPSA) is 107 Å². The molecule has 0 aliphatic rings. The summed E-state index contributed by atoms with van der Waals surface area (Å²) in [6.45, 7) is 2.09. The number of nitrogens with zero attached hydrogens (tertiary/aromatic N) is 1. The van der Waals surface area contributed by atoms with E-state index in [0.717, 1.165) is 17.2 Å². The average Bonchev–Trinajstić information content (AvgIpc) is 2.79. The van der Waals surface area contributed by atoms with E-state index in [1.165, 1.54) is 19.1 Å². The number of rotatable bonds is 8. The molecule has 0 aromatic heterocycles. The third-order valence-electron chi connectivity index (χ3n) is 4.86. The normalized spacial score (nSPS) is 12.1. The molecule has 1 atom stereocenters. The number of amides is 1. The molecule has 0 aliphatic heterocycles. The highest BCUT2D eigenvalue weighted by Gasteiger charge is 2.26. The van der Waals surface area contributed by atoms with E-state index in [-0.39, 0.29) is 15.5 Å². The van der Waals surface area contributed by atoms with Crippen LogP contribution < -0.4 is 5.14 Å². The van der Waals surface area contributed by atoms with Gasteiger partial charge in [0.1, 0.15) is 0 Å². The highest BCUT2D eigenvalue weighted by Crippen LogP contribution is 2.22. The van der Waals surface area contributed by atoms with Gasteiger partial charge in [0.2, 0.25) is 10.0 Å².